The van der Waals surface area contributed by atoms with E-state index in [0.29, 0.717) is 21.2 Å². The molecule has 160 valence electrons. The molecule has 0 unspecified atom stereocenters. The Morgan fingerprint density at radius 3 is 1.55 bits per heavy atom. The Morgan fingerprint density at radius 1 is 0.897 bits per heavy atom. The van der Waals surface area contributed by atoms with Crippen LogP contribution >= 0.6 is 31.9 Å². The number of carbonyl (C=O) groups is 1. The summed E-state index contributed by atoms with van der Waals surface area (Å²) in [6, 6.07) is 5.97. The van der Waals surface area contributed by atoms with Crippen LogP contribution in [0.5, 0.6) is 5.75 Å². The third kappa shape index (κ3) is 6.71. The second kappa shape index (κ2) is 9.48. The van der Waals surface area contributed by atoms with Crippen LogP contribution in [-0.4, -0.2) is 19.8 Å². The quantitative estimate of drug-likeness (QED) is 0.399. The smallest absolute Gasteiger partial charge is 0.376 e. The maximum atomic E-state index is 12.1. The van der Waals surface area contributed by atoms with Crippen LogP contribution in [0.4, 0.5) is 13.2 Å². The van der Waals surface area contributed by atoms with Crippen molar-refractivity contribution < 1.29 is 30.6 Å². The fraction of sp³-hybridized carbons (Fsp3) is 0.278. The van der Waals surface area contributed by atoms with E-state index in [0.717, 1.165) is 15.6 Å². The summed E-state index contributed by atoms with van der Waals surface area (Å²) >= 11 is 6.62. The lowest BCUT2D eigenvalue weighted by molar-refractivity contribution is -0.0500. The average Bonchev–Trinajstić information content (AvgIpc) is 2.56. The van der Waals surface area contributed by atoms with Crippen molar-refractivity contribution in [1.82, 2.24) is 0 Å². The summed E-state index contributed by atoms with van der Waals surface area (Å²) in [6.07, 6.45) is 0. The van der Waals surface area contributed by atoms with Gasteiger partial charge in [0.05, 0.1) is 0 Å². The maximum Gasteiger partial charge on any atom is 0.534 e. The van der Waals surface area contributed by atoms with E-state index in [9.17, 15) is 26.4 Å². The van der Waals surface area contributed by atoms with E-state index in [4.69, 9.17) is 5.73 Å². The van der Waals surface area contributed by atoms with Gasteiger partial charge in [0, 0.05) is 14.5 Å². The SMILES string of the molecule is Cc1cc(C(N)=O)cc(C)c1Br.Cc1cc(OS(=O)(=O)C(F)(F)F)cc(C)c1Br. The zero-order valence-corrected chi connectivity index (χ0v) is 19.8. The second-order valence-electron chi connectivity index (χ2n) is 6.14. The van der Waals surface area contributed by atoms with Crippen molar-refractivity contribution in [2.45, 2.75) is 33.2 Å². The molecule has 2 rings (SSSR count). The largest absolute Gasteiger partial charge is 0.534 e. The van der Waals surface area contributed by atoms with Crippen molar-refractivity contribution in [1.29, 1.82) is 0 Å². The number of carbonyl (C=O) groups excluding carboxylic acids is 1. The first-order valence-corrected chi connectivity index (χ1v) is 10.9. The highest BCUT2D eigenvalue weighted by Gasteiger charge is 2.48. The molecule has 0 bridgehead atoms. The van der Waals surface area contributed by atoms with E-state index in [2.05, 4.69) is 36.0 Å². The van der Waals surface area contributed by atoms with Crippen molar-refractivity contribution >= 4 is 47.9 Å². The Morgan fingerprint density at radius 2 is 1.24 bits per heavy atom. The number of alkyl halides is 3. The molecule has 2 aromatic rings. The fourth-order valence-corrected chi connectivity index (χ4v) is 3.12. The summed E-state index contributed by atoms with van der Waals surface area (Å²) in [5.41, 5.74) is 3.51. The summed E-state index contributed by atoms with van der Waals surface area (Å²) < 4.78 is 63.5. The Labute approximate surface area is 183 Å². The van der Waals surface area contributed by atoms with Crippen molar-refractivity contribution in [2.75, 3.05) is 0 Å². The van der Waals surface area contributed by atoms with Gasteiger partial charge >= 0.3 is 15.6 Å². The van der Waals surface area contributed by atoms with Crippen LogP contribution in [-0.2, 0) is 10.1 Å². The third-order valence-electron chi connectivity index (χ3n) is 3.62. The first-order chi connectivity index (χ1) is 13.1. The molecular weight excluding hydrogens is 543 g/mol. The highest BCUT2D eigenvalue weighted by atomic mass is 79.9. The van der Waals surface area contributed by atoms with Gasteiger partial charge < -0.3 is 9.92 Å². The molecule has 11 heteroatoms. The molecule has 0 spiro atoms. The number of aryl methyl sites for hydroxylation is 4. The van der Waals surface area contributed by atoms with E-state index in [1.807, 2.05) is 13.8 Å². The second-order valence-corrected chi connectivity index (χ2v) is 9.27. The normalized spacial score (nSPS) is 11.5. The standard InChI is InChI=1S/C9H8BrF3O3S.C9H10BrNO/c1-5-3-7(4-6(2)8(5)10)16-17(14,15)9(11,12)13;1-5-3-7(9(11)12)4-6(2)8(5)10/h3-4H,1-2H3;3-4H,1-2H3,(H2,11,12). The van der Waals surface area contributed by atoms with Crippen molar-refractivity contribution in [3.8, 4) is 5.75 Å². The van der Waals surface area contributed by atoms with Crippen LogP contribution in [0, 0.1) is 27.7 Å². The number of hydrogen-bond donors (Lipinski definition) is 1. The lowest BCUT2D eigenvalue weighted by atomic mass is 10.1. The highest BCUT2D eigenvalue weighted by Crippen LogP contribution is 2.31. The molecule has 0 aromatic heterocycles. The molecule has 1 amide bonds. The van der Waals surface area contributed by atoms with Gasteiger partial charge in [0.15, 0.2) is 0 Å². The Bertz CT molecular complexity index is 992. The number of rotatable bonds is 3. The van der Waals surface area contributed by atoms with Crippen molar-refractivity contribution in [2.24, 2.45) is 5.73 Å². The van der Waals surface area contributed by atoms with E-state index < -0.39 is 15.6 Å². The lowest BCUT2D eigenvalue weighted by Gasteiger charge is -2.11. The predicted molar refractivity (Wildman–Crippen MR) is 111 cm³/mol. The Balaban J connectivity index is 0.000000308. The summed E-state index contributed by atoms with van der Waals surface area (Å²) in [5.74, 6) is -0.741. The summed E-state index contributed by atoms with van der Waals surface area (Å²) in [5, 5.41) is 0. The first-order valence-electron chi connectivity index (χ1n) is 7.91. The topological polar surface area (TPSA) is 86.5 Å². The number of nitrogens with two attached hydrogens (primary N) is 1. The van der Waals surface area contributed by atoms with Crippen LogP contribution in [0.3, 0.4) is 0 Å². The van der Waals surface area contributed by atoms with Gasteiger partial charge in [-0.05, 0) is 74.2 Å². The van der Waals surface area contributed by atoms with Crippen LogP contribution < -0.4 is 9.92 Å². The minimum Gasteiger partial charge on any atom is -0.376 e. The lowest BCUT2D eigenvalue weighted by Crippen LogP contribution is -2.28. The van der Waals surface area contributed by atoms with Crippen molar-refractivity contribution in [3.63, 3.8) is 0 Å². The molecule has 0 radical (unpaired) electrons. The fourth-order valence-electron chi connectivity index (χ4n) is 2.22. The van der Waals surface area contributed by atoms with Gasteiger partial charge in [0.2, 0.25) is 5.91 Å². The van der Waals surface area contributed by atoms with Crippen LogP contribution in [0.15, 0.2) is 33.2 Å². The van der Waals surface area contributed by atoms with Crippen molar-refractivity contribution in [3.05, 3.63) is 61.0 Å². The monoisotopic (exact) mass is 559 g/mol. The molecule has 5 nitrogen and oxygen atoms in total. The molecule has 0 saturated heterocycles. The third-order valence-corrected chi connectivity index (χ3v) is 7.10. The summed E-state index contributed by atoms with van der Waals surface area (Å²) in [6.45, 7) is 7.10. The predicted octanol–water partition coefficient (Wildman–Crippen LogP) is 5.46. The van der Waals surface area contributed by atoms with Gasteiger partial charge in [-0.2, -0.15) is 21.6 Å². The van der Waals surface area contributed by atoms with Gasteiger partial charge in [-0.1, -0.05) is 31.9 Å². The summed E-state index contributed by atoms with van der Waals surface area (Å²) in [7, 11) is -5.61. The van der Waals surface area contributed by atoms with Gasteiger partial charge in [-0.15, -0.1) is 0 Å². The molecular formula is C18H18Br2F3NO4S. The van der Waals surface area contributed by atoms with Gasteiger partial charge in [-0.3, -0.25) is 4.79 Å². The average molecular weight is 561 g/mol. The number of benzene rings is 2. The Hall–Kier alpha value is -1.59. The van der Waals surface area contributed by atoms with E-state index in [-0.39, 0.29) is 11.7 Å². The maximum absolute atomic E-state index is 12.1. The molecule has 0 fully saturated rings. The minimum atomic E-state index is -5.61. The molecule has 0 aliphatic carbocycles. The van der Waals surface area contributed by atoms with E-state index in [1.165, 1.54) is 12.1 Å². The zero-order chi connectivity index (χ0) is 22.7. The zero-order valence-electron chi connectivity index (χ0n) is 15.8. The molecule has 2 aromatic carbocycles. The molecule has 0 saturated carbocycles. The van der Waals surface area contributed by atoms with Crippen LogP contribution in [0.1, 0.15) is 32.6 Å². The van der Waals surface area contributed by atoms with E-state index in [1.54, 1.807) is 26.0 Å². The van der Waals surface area contributed by atoms with Crippen LogP contribution in [0.2, 0.25) is 0 Å². The minimum absolute atomic E-state index is 0.361. The molecule has 0 aliphatic heterocycles. The van der Waals surface area contributed by atoms with Crippen LogP contribution in [0.25, 0.3) is 0 Å². The highest BCUT2D eigenvalue weighted by molar-refractivity contribution is 9.10. The summed E-state index contributed by atoms with van der Waals surface area (Å²) in [4.78, 5) is 10.8. The van der Waals surface area contributed by atoms with E-state index >= 15 is 0 Å². The molecule has 0 aliphatic rings. The Kier molecular flexibility index (Phi) is 8.32. The number of primary amides is 1. The molecule has 2 N–H and O–H groups in total. The molecule has 29 heavy (non-hydrogen) atoms. The van der Waals surface area contributed by atoms with Gasteiger partial charge in [0.1, 0.15) is 5.75 Å². The molecule has 0 heterocycles. The number of hydrogen-bond acceptors (Lipinski definition) is 4. The first kappa shape index (κ1) is 25.4. The molecule has 0 atom stereocenters. The van der Waals surface area contributed by atoms with Gasteiger partial charge in [0.25, 0.3) is 0 Å². The number of amides is 1. The van der Waals surface area contributed by atoms with Gasteiger partial charge in [-0.25, -0.2) is 0 Å². The number of halogens is 5.